The highest BCUT2D eigenvalue weighted by Gasteiger charge is 2.28. The highest BCUT2D eigenvalue weighted by molar-refractivity contribution is 5.94. The van der Waals surface area contributed by atoms with Gasteiger partial charge in [0.25, 0.3) is 5.91 Å². The number of rotatable bonds is 5. The number of amides is 1. The van der Waals surface area contributed by atoms with Crippen LogP contribution in [0, 0.1) is 0 Å². The molecule has 1 heterocycles. The molecule has 1 amide bonds. The van der Waals surface area contributed by atoms with E-state index in [4.69, 9.17) is 9.52 Å². The first-order valence-corrected chi connectivity index (χ1v) is 6.21. The van der Waals surface area contributed by atoms with Crippen molar-refractivity contribution >= 4 is 11.9 Å². The van der Waals surface area contributed by atoms with Crippen molar-refractivity contribution in [3.05, 3.63) is 60.1 Å². The average Bonchev–Trinajstić information content (AvgIpc) is 2.98. The smallest absolute Gasteiger partial charge is 0.326 e. The van der Waals surface area contributed by atoms with Crippen molar-refractivity contribution in [2.45, 2.75) is 19.5 Å². The molecule has 1 atom stereocenters. The Balaban J connectivity index is 2.25. The Morgan fingerprint density at radius 3 is 2.45 bits per heavy atom. The lowest BCUT2D eigenvalue weighted by Gasteiger charge is -2.25. The van der Waals surface area contributed by atoms with Gasteiger partial charge in [0.1, 0.15) is 6.04 Å². The van der Waals surface area contributed by atoms with Crippen LogP contribution in [0.25, 0.3) is 0 Å². The third kappa shape index (κ3) is 3.06. The molecule has 0 bridgehead atoms. The maximum Gasteiger partial charge on any atom is 0.326 e. The summed E-state index contributed by atoms with van der Waals surface area (Å²) in [5, 5.41) is 9.15. The molecule has 0 spiro atoms. The van der Waals surface area contributed by atoms with Crippen LogP contribution in [0.15, 0.2) is 53.1 Å². The third-order valence-corrected chi connectivity index (χ3v) is 3.01. The van der Waals surface area contributed by atoms with Gasteiger partial charge in [-0.15, -0.1) is 0 Å². The zero-order valence-electron chi connectivity index (χ0n) is 11.0. The van der Waals surface area contributed by atoms with Crippen LogP contribution < -0.4 is 0 Å². The third-order valence-electron chi connectivity index (χ3n) is 3.01. The monoisotopic (exact) mass is 273 g/mol. The summed E-state index contributed by atoms with van der Waals surface area (Å²) in [7, 11) is 0. The highest BCUT2D eigenvalue weighted by Crippen LogP contribution is 2.14. The first-order chi connectivity index (χ1) is 9.59. The number of benzene rings is 1. The molecule has 0 saturated carbocycles. The molecule has 0 aliphatic heterocycles. The summed E-state index contributed by atoms with van der Waals surface area (Å²) in [5.41, 5.74) is 0.862. The Morgan fingerprint density at radius 1 is 1.20 bits per heavy atom. The van der Waals surface area contributed by atoms with E-state index in [1.807, 2.05) is 30.3 Å². The second kappa shape index (κ2) is 6.06. The van der Waals surface area contributed by atoms with Crippen molar-refractivity contribution in [3.8, 4) is 0 Å². The molecule has 0 aliphatic carbocycles. The molecule has 5 heteroatoms. The molecule has 2 rings (SSSR count). The summed E-state index contributed by atoms with van der Waals surface area (Å²) < 4.78 is 5.06. The van der Waals surface area contributed by atoms with Crippen LogP contribution in [0.3, 0.4) is 0 Å². The Kier molecular flexibility index (Phi) is 4.20. The Bertz CT molecular complexity index is 577. The number of carboxylic acids is 1. The Morgan fingerprint density at radius 2 is 1.90 bits per heavy atom. The second-order valence-corrected chi connectivity index (χ2v) is 4.41. The van der Waals surface area contributed by atoms with Gasteiger partial charge in [-0.2, -0.15) is 0 Å². The van der Waals surface area contributed by atoms with Crippen molar-refractivity contribution in [1.82, 2.24) is 4.90 Å². The number of aliphatic carboxylic acids is 1. The molecule has 0 saturated heterocycles. The molecule has 1 aromatic carbocycles. The molecule has 1 unspecified atom stereocenters. The van der Waals surface area contributed by atoms with Gasteiger partial charge in [-0.3, -0.25) is 4.79 Å². The van der Waals surface area contributed by atoms with E-state index >= 15 is 0 Å². The largest absolute Gasteiger partial charge is 0.480 e. The molecule has 1 aromatic heterocycles. The first-order valence-electron chi connectivity index (χ1n) is 6.21. The first kappa shape index (κ1) is 13.9. The number of nitrogens with zero attached hydrogens (tertiary/aromatic N) is 1. The molecule has 5 nitrogen and oxygen atoms in total. The second-order valence-electron chi connectivity index (χ2n) is 4.41. The summed E-state index contributed by atoms with van der Waals surface area (Å²) in [6, 6.07) is 11.4. The van der Waals surface area contributed by atoms with Gasteiger partial charge in [0.05, 0.1) is 6.26 Å². The van der Waals surface area contributed by atoms with Crippen molar-refractivity contribution in [1.29, 1.82) is 0 Å². The molecule has 0 radical (unpaired) electrons. The minimum absolute atomic E-state index is 0.133. The standard InChI is InChI=1S/C15H15NO4/c1-11(15(18)19)16(10-12-6-3-2-4-7-12)14(17)13-8-5-9-20-13/h2-9,11H,10H2,1H3,(H,18,19). The predicted octanol–water partition coefficient (Wildman–Crippen LogP) is 2.40. The van der Waals surface area contributed by atoms with Crippen molar-refractivity contribution in [2.24, 2.45) is 0 Å². The predicted molar refractivity (Wildman–Crippen MR) is 72.1 cm³/mol. The summed E-state index contributed by atoms with van der Waals surface area (Å²) in [5.74, 6) is -1.36. The number of carbonyl (C=O) groups excluding carboxylic acids is 1. The van der Waals surface area contributed by atoms with E-state index in [1.165, 1.54) is 24.2 Å². The van der Waals surface area contributed by atoms with Gasteiger partial charge in [0, 0.05) is 6.54 Å². The fourth-order valence-corrected chi connectivity index (χ4v) is 1.84. The van der Waals surface area contributed by atoms with Crippen LogP contribution in [-0.2, 0) is 11.3 Å². The van der Waals surface area contributed by atoms with E-state index in [0.29, 0.717) is 0 Å². The van der Waals surface area contributed by atoms with Crippen LogP contribution >= 0.6 is 0 Å². The summed E-state index contributed by atoms with van der Waals surface area (Å²) in [6.07, 6.45) is 1.39. The summed E-state index contributed by atoms with van der Waals surface area (Å²) >= 11 is 0. The minimum Gasteiger partial charge on any atom is -0.480 e. The van der Waals surface area contributed by atoms with Gasteiger partial charge in [0.2, 0.25) is 0 Å². The SMILES string of the molecule is CC(C(=O)O)N(Cc1ccccc1)C(=O)c1ccco1. The van der Waals surface area contributed by atoms with Crippen molar-refractivity contribution < 1.29 is 19.1 Å². The molecule has 1 N–H and O–H groups in total. The van der Waals surface area contributed by atoms with Gasteiger partial charge >= 0.3 is 5.97 Å². The molecule has 0 aliphatic rings. The Labute approximate surface area is 116 Å². The molecule has 0 fully saturated rings. The molecular weight excluding hydrogens is 258 g/mol. The van der Waals surface area contributed by atoms with Gasteiger partial charge < -0.3 is 14.4 Å². The molecule has 2 aromatic rings. The van der Waals surface area contributed by atoms with Crippen molar-refractivity contribution in [2.75, 3.05) is 0 Å². The van der Waals surface area contributed by atoms with Gasteiger partial charge in [-0.05, 0) is 24.6 Å². The quantitative estimate of drug-likeness (QED) is 0.908. The number of carbonyl (C=O) groups is 2. The lowest BCUT2D eigenvalue weighted by atomic mass is 10.1. The van der Waals surface area contributed by atoms with Gasteiger partial charge in [-0.1, -0.05) is 30.3 Å². The minimum atomic E-state index is -1.05. The lowest BCUT2D eigenvalue weighted by Crippen LogP contribution is -2.42. The van der Waals surface area contributed by atoms with Crippen LogP contribution in [0.4, 0.5) is 0 Å². The number of hydrogen-bond donors (Lipinski definition) is 1. The summed E-state index contributed by atoms with van der Waals surface area (Å²) in [6.45, 7) is 1.69. The topological polar surface area (TPSA) is 70.8 Å². The fraction of sp³-hybridized carbons (Fsp3) is 0.200. The van der Waals surface area contributed by atoms with Crippen LogP contribution in [0.5, 0.6) is 0 Å². The lowest BCUT2D eigenvalue weighted by molar-refractivity contribution is -0.141. The summed E-state index contributed by atoms with van der Waals surface area (Å²) in [4.78, 5) is 24.8. The number of carboxylic acid groups (broad SMARTS) is 1. The van der Waals surface area contributed by atoms with E-state index in [1.54, 1.807) is 6.07 Å². The van der Waals surface area contributed by atoms with E-state index in [9.17, 15) is 9.59 Å². The zero-order valence-corrected chi connectivity index (χ0v) is 11.0. The highest BCUT2D eigenvalue weighted by atomic mass is 16.4. The number of furan rings is 1. The fourth-order valence-electron chi connectivity index (χ4n) is 1.84. The van der Waals surface area contributed by atoms with Gasteiger partial charge in [0.15, 0.2) is 5.76 Å². The van der Waals surface area contributed by atoms with E-state index < -0.39 is 17.9 Å². The maximum absolute atomic E-state index is 12.3. The maximum atomic E-state index is 12.3. The van der Waals surface area contributed by atoms with Crippen LogP contribution in [-0.4, -0.2) is 27.9 Å². The van der Waals surface area contributed by atoms with Gasteiger partial charge in [-0.25, -0.2) is 4.79 Å². The average molecular weight is 273 g/mol. The van der Waals surface area contributed by atoms with Crippen LogP contribution in [0.2, 0.25) is 0 Å². The normalized spacial score (nSPS) is 11.8. The molecule has 20 heavy (non-hydrogen) atoms. The zero-order chi connectivity index (χ0) is 14.5. The van der Waals surface area contributed by atoms with E-state index in [-0.39, 0.29) is 12.3 Å². The Hall–Kier alpha value is -2.56. The van der Waals surface area contributed by atoms with Crippen molar-refractivity contribution in [3.63, 3.8) is 0 Å². The van der Waals surface area contributed by atoms with Crippen LogP contribution in [0.1, 0.15) is 23.0 Å². The number of hydrogen-bond acceptors (Lipinski definition) is 3. The molecule has 104 valence electrons. The van der Waals surface area contributed by atoms with E-state index in [2.05, 4.69) is 0 Å². The van der Waals surface area contributed by atoms with E-state index in [0.717, 1.165) is 5.56 Å². The molecular formula is C15H15NO4.